The van der Waals surface area contributed by atoms with Crippen molar-refractivity contribution in [2.45, 2.75) is 19.1 Å². The van der Waals surface area contributed by atoms with Gasteiger partial charge in [-0.05, 0) is 23.8 Å². The number of ether oxygens (including phenoxy) is 1. The normalized spacial score (nSPS) is 18.8. The maximum absolute atomic E-state index is 13.5. The zero-order valence-electron chi connectivity index (χ0n) is 12.5. The third-order valence-electron chi connectivity index (χ3n) is 3.47. The van der Waals surface area contributed by atoms with E-state index in [-0.39, 0.29) is 12.4 Å². The van der Waals surface area contributed by atoms with Gasteiger partial charge in [-0.1, -0.05) is 47.1 Å². The molecule has 1 aliphatic heterocycles. The van der Waals surface area contributed by atoms with E-state index < -0.39 is 12.2 Å². The van der Waals surface area contributed by atoms with Gasteiger partial charge in [0, 0.05) is 10.6 Å². The second kappa shape index (κ2) is 7.31. The number of hydrogen-bond donors (Lipinski definition) is 1. The van der Waals surface area contributed by atoms with Gasteiger partial charge in [0.1, 0.15) is 18.5 Å². The van der Waals surface area contributed by atoms with Gasteiger partial charge in [0.05, 0.1) is 6.42 Å². The molecule has 2 aromatic rings. The van der Waals surface area contributed by atoms with E-state index in [1.54, 1.807) is 42.5 Å². The van der Waals surface area contributed by atoms with E-state index in [1.165, 1.54) is 6.07 Å². The average molecular weight is 349 g/mol. The molecule has 5 nitrogen and oxygen atoms in total. The number of amides is 1. The molecule has 3 rings (SSSR count). The lowest BCUT2D eigenvalue weighted by Crippen LogP contribution is -2.39. The number of carbonyl (C=O) groups excluding carboxylic acids is 1. The molecular formula is C17H14ClFN2O3. The Morgan fingerprint density at radius 3 is 2.75 bits per heavy atom. The number of nitrogens with one attached hydrogen (secondary N) is 1. The Morgan fingerprint density at radius 2 is 2.00 bits per heavy atom. The predicted octanol–water partition coefficient (Wildman–Crippen LogP) is 4.18. The van der Waals surface area contributed by atoms with Crippen LogP contribution in [0.15, 0.2) is 53.7 Å². The zero-order valence-corrected chi connectivity index (χ0v) is 13.3. The van der Waals surface area contributed by atoms with Crippen LogP contribution in [0.25, 0.3) is 0 Å². The van der Waals surface area contributed by atoms with Crippen LogP contribution in [-0.2, 0) is 16.2 Å². The predicted molar refractivity (Wildman–Crippen MR) is 87.1 cm³/mol. The molecule has 1 fully saturated rings. The van der Waals surface area contributed by atoms with Gasteiger partial charge >= 0.3 is 6.09 Å². The number of alkyl carbamates (subject to hydrolysis) is 1. The van der Waals surface area contributed by atoms with Gasteiger partial charge in [-0.3, -0.25) is 5.32 Å². The average Bonchev–Trinajstić information content (AvgIpc) is 2.57. The first kappa shape index (κ1) is 16.3. The first-order valence-electron chi connectivity index (χ1n) is 7.27. The van der Waals surface area contributed by atoms with E-state index in [9.17, 15) is 9.18 Å². The molecule has 1 heterocycles. The quantitative estimate of drug-likeness (QED) is 0.843. The van der Waals surface area contributed by atoms with E-state index in [0.29, 0.717) is 22.8 Å². The van der Waals surface area contributed by atoms with Crippen molar-refractivity contribution in [2.75, 3.05) is 0 Å². The second-order valence-corrected chi connectivity index (χ2v) is 5.61. The molecule has 1 atom stereocenters. The van der Waals surface area contributed by atoms with Gasteiger partial charge in [0.25, 0.3) is 0 Å². The highest BCUT2D eigenvalue weighted by molar-refractivity contribution is 6.30. The van der Waals surface area contributed by atoms with Crippen molar-refractivity contribution >= 4 is 23.5 Å². The zero-order chi connectivity index (χ0) is 16.9. The Morgan fingerprint density at radius 1 is 1.25 bits per heavy atom. The molecular weight excluding hydrogens is 335 g/mol. The highest BCUT2D eigenvalue weighted by atomic mass is 35.5. The fraction of sp³-hybridized carbons (Fsp3) is 0.176. The molecule has 0 aliphatic carbocycles. The van der Waals surface area contributed by atoms with Crippen molar-refractivity contribution in [3.63, 3.8) is 0 Å². The summed E-state index contributed by atoms with van der Waals surface area (Å²) in [4.78, 5) is 16.8. The lowest BCUT2D eigenvalue weighted by Gasteiger charge is -2.24. The first-order chi connectivity index (χ1) is 11.6. The Balaban J connectivity index is 1.65. The summed E-state index contributed by atoms with van der Waals surface area (Å²) in [5.41, 5.74) is 1.19. The van der Waals surface area contributed by atoms with Crippen LogP contribution in [0.1, 0.15) is 23.7 Å². The molecule has 0 saturated carbocycles. The number of oxime groups is 1. The molecule has 0 aromatic heterocycles. The Bertz CT molecular complexity index is 765. The van der Waals surface area contributed by atoms with Crippen LogP contribution in [0, 0.1) is 5.82 Å². The molecule has 24 heavy (non-hydrogen) atoms. The Kier molecular flexibility index (Phi) is 4.96. The van der Waals surface area contributed by atoms with Crippen LogP contribution in [-0.4, -0.2) is 11.9 Å². The molecule has 7 heteroatoms. The van der Waals surface area contributed by atoms with Gasteiger partial charge in [-0.15, -0.1) is 0 Å². The molecule has 0 radical (unpaired) electrons. The number of halogens is 2. The van der Waals surface area contributed by atoms with E-state index in [1.807, 2.05) is 0 Å². The van der Waals surface area contributed by atoms with Gasteiger partial charge in [-0.2, -0.15) is 0 Å². The summed E-state index contributed by atoms with van der Waals surface area (Å²) in [6, 6.07) is 13.3. The highest BCUT2D eigenvalue weighted by Crippen LogP contribution is 2.25. The standard InChI is InChI=1S/C17H14ClFN2O3/c18-13-7-5-11(6-8-13)15-9-16(20-17(22)24-15)21-23-10-12-3-1-2-4-14(12)19/h1-8,15H,9-10H2,(H,20,21,22). The molecule has 2 aromatic carbocycles. The van der Waals surface area contributed by atoms with E-state index in [2.05, 4.69) is 10.5 Å². The molecule has 0 spiro atoms. The Labute approximate surface area is 143 Å². The van der Waals surface area contributed by atoms with Gasteiger partial charge in [-0.25, -0.2) is 9.18 Å². The maximum Gasteiger partial charge on any atom is 0.413 e. The lowest BCUT2D eigenvalue weighted by molar-refractivity contribution is 0.0881. The van der Waals surface area contributed by atoms with Crippen molar-refractivity contribution in [3.05, 3.63) is 70.5 Å². The topological polar surface area (TPSA) is 59.9 Å². The van der Waals surface area contributed by atoms with Crippen molar-refractivity contribution in [1.82, 2.24) is 5.32 Å². The number of nitrogens with zero attached hydrogens (tertiary/aromatic N) is 1. The first-order valence-corrected chi connectivity index (χ1v) is 7.65. The van der Waals surface area contributed by atoms with Crippen molar-refractivity contribution in [1.29, 1.82) is 0 Å². The SMILES string of the molecule is O=C1N/C(=N\OCc2ccccc2F)CC(c2ccc(Cl)cc2)O1. The molecule has 124 valence electrons. The van der Waals surface area contributed by atoms with E-state index in [0.717, 1.165) is 5.56 Å². The summed E-state index contributed by atoms with van der Waals surface area (Å²) in [5.74, 6) is -0.0460. The Hall–Kier alpha value is -2.60. The fourth-order valence-electron chi connectivity index (χ4n) is 2.26. The van der Waals surface area contributed by atoms with Crippen molar-refractivity contribution < 1.29 is 18.8 Å². The highest BCUT2D eigenvalue weighted by Gasteiger charge is 2.26. The number of benzene rings is 2. The van der Waals surface area contributed by atoms with Gasteiger partial charge in [0.2, 0.25) is 0 Å². The molecule has 1 N–H and O–H groups in total. The van der Waals surface area contributed by atoms with Crippen LogP contribution in [0.2, 0.25) is 5.02 Å². The molecule has 1 aliphatic rings. The summed E-state index contributed by atoms with van der Waals surface area (Å²) in [6.45, 7) is -0.0293. The van der Waals surface area contributed by atoms with Crippen molar-refractivity contribution in [3.8, 4) is 0 Å². The third kappa shape index (κ3) is 4.02. The monoisotopic (exact) mass is 348 g/mol. The number of cyclic esters (lactones) is 1. The minimum Gasteiger partial charge on any atom is -0.441 e. The van der Waals surface area contributed by atoms with E-state index >= 15 is 0 Å². The summed E-state index contributed by atoms with van der Waals surface area (Å²) in [6.07, 6.45) is -0.772. The number of hydrogen-bond acceptors (Lipinski definition) is 4. The molecule has 1 saturated heterocycles. The second-order valence-electron chi connectivity index (χ2n) is 5.18. The molecule has 1 unspecified atom stereocenters. The maximum atomic E-state index is 13.5. The van der Waals surface area contributed by atoms with Crippen LogP contribution in [0.3, 0.4) is 0 Å². The van der Waals surface area contributed by atoms with Crippen LogP contribution >= 0.6 is 11.6 Å². The van der Waals surface area contributed by atoms with Crippen molar-refractivity contribution in [2.24, 2.45) is 5.16 Å². The third-order valence-corrected chi connectivity index (χ3v) is 3.72. The largest absolute Gasteiger partial charge is 0.441 e. The summed E-state index contributed by atoms with van der Waals surface area (Å²) in [7, 11) is 0. The number of carbonyl (C=O) groups is 1. The van der Waals surface area contributed by atoms with Crippen LogP contribution < -0.4 is 5.32 Å². The lowest BCUT2D eigenvalue weighted by atomic mass is 10.1. The minimum atomic E-state index is -0.616. The van der Waals surface area contributed by atoms with E-state index in [4.69, 9.17) is 21.2 Å². The van der Waals surface area contributed by atoms with Gasteiger partial charge in [0.15, 0.2) is 5.84 Å². The summed E-state index contributed by atoms with van der Waals surface area (Å²) in [5, 5.41) is 6.95. The number of amidine groups is 1. The molecule has 1 amide bonds. The number of rotatable bonds is 4. The van der Waals surface area contributed by atoms with Crippen LogP contribution in [0.4, 0.5) is 9.18 Å². The fourth-order valence-corrected chi connectivity index (χ4v) is 2.39. The summed E-state index contributed by atoms with van der Waals surface area (Å²) < 4.78 is 18.7. The molecule has 0 bridgehead atoms. The van der Waals surface area contributed by atoms with Gasteiger partial charge < -0.3 is 9.57 Å². The smallest absolute Gasteiger partial charge is 0.413 e. The minimum absolute atomic E-state index is 0.0293. The van der Waals surface area contributed by atoms with Crippen LogP contribution in [0.5, 0.6) is 0 Å². The summed E-state index contributed by atoms with van der Waals surface area (Å²) >= 11 is 5.85.